The second-order valence-corrected chi connectivity index (χ2v) is 2.35. The van der Waals surface area contributed by atoms with Crippen molar-refractivity contribution in [1.29, 1.82) is 5.26 Å². The second kappa shape index (κ2) is 4.70. The van der Waals surface area contributed by atoms with Gasteiger partial charge in [0.15, 0.2) is 0 Å². The lowest BCUT2D eigenvalue weighted by molar-refractivity contribution is 0.557. The van der Waals surface area contributed by atoms with E-state index in [-0.39, 0.29) is 0 Å². The van der Waals surface area contributed by atoms with E-state index < -0.39 is 0 Å². The molecule has 0 aliphatic rings. The number of hydrogen-bond donors (Lipinski definition) is 1. The van der Waals surface area contributed by atoms with Crippen LogP contribution in [0.4, 0.5) is 0 Å². The molecule has 0 unspecified atom stereocenters. The van der Waals surface area contributed by atoms with Gasteiger partial charge in [-0.05, 0) is 17.7 Å². The van der Waals surface area contributed by atoms with Gasteiger partial charge in [-0.15, -0.1) is 0 Å². The molecule has 0 saturated heterocycles. The van der Waals surface area contributed by atoms with Crippen molar-refractivity contribution in [2.24, 2.45) is 5.10 Å². The van der Waals surface area contributed by atoms with E-state index in [2.05, 4.69) is 10.5 Å². The van der Waals surface area contributed by atoms with Gasteiger partial charge in [0.25, 0.3) is 6.08 Å². The van der Waals surface area contributed by atoms with Crippen LogP contribution in [0.3, 0.4) is 0 Å². The summed E-state index contributed by atoms with van der Waals surface area (Å²) in [6, 6.07) is 9.03. The van der Waals surface area contributed by atoms with Gasteiger partial charge in [-0.25, -0.2) is 4.79 Å². The highest BCUT2D eigenvalue weighted by atomic mass is 16.1. The molecule has 0 fully saturated rings. The molecule has 13 heavy (non-hydrogen) atoms. The highest BCUT2D eigenvalue weighted by molar-refractivity contribution is 5.33. The van der Waals surface area contributed by atoms with Crippen LogP contribution in [-0.2, 0) is 11.3 Å². The largest absolute Gasteiger partial charge is 0.295 e. The topological polar surface area (TPSA) is 65.2 Å². The summed E-state index contributed by atoms with van der Waals surface area (Å²) in [5.74, 6) is 0. The van der Waals surface area contributed by atoms with Crippen molar-refractivity contribution < 1.29 is 4.79 Å². The van der Waals surface area contributed by atoms with Crippen molar-refractivity contribution in [3.05, 3.63) is 35.4 Å². The third kappa shape index (κ3) is 2.78. The standard InChI is InChI=1S/C9H7N3O/c10-5-8-1-3-9(4-2-8)6-11-12-7-13/h1-4,11H,6H2. The first kappa shape index (κ1) is 8.98. The van der Waals surface area contributed by atoms with Gasteiger partial charge in [-0.2, -0.15) is 5.26 Å². The molecular weight excluding hydrogens is 166 g/mol. The molecule has 1 aromatic carbocycles. The van der Waals surface area contributed by atoms with Gasteiger partial charge < -0.3 is 0 Å². The fourth-order valence-corrected chi connectivity index (χ4v) is 0.860. The van der Waals surface area contributed by atoms with Crippen LogP contribution in [0.25, 0.3) is 0 Å². The number of benzene rings is 1. The fourth-order valence-electron chi connectivity index (χ4n) is 0.860. The number of nitriles is 1. The molecule has 0 bridgehead atoms. The summed E-state index contributed by atoms with van der Waals surface area (Å²) in [6.07, 6.45) is 1.37. The van der Waals surface area contributed by atoms with Crippen LogP contribution in [-0.4, -0.2) is 6.08 Å². The summed E-state index contributed by atoms with van der Waals surface area (Å²) in [7, 11) is 0. The lowest BCUT2D eigenvalue weighted by Gasteiger charge is -1.98. The minimum Gasteiger partial charge on any atom is -0.295 e. The number of rotatable bonds is 3. The van der Waals surface area contributed by atoms with Crippen molar-refractivity contribution >= 4 is 6.08 Å². The summed E-state index contributed by atoms with van der Waals surface area (Å²) in [5.41, 5.74) is 4.08. The molecule has 0 amide bonds. The van der Waals surface area contributed by atoms with Gasteiger partial charge in [0, 0.05) is 0 Å². The van der Waals surface area contributed by atoms with Gasteiger partial charge in [0.05, 0.1) is 18.2 Å². The number of nitrogens with one attached hydrogen (secondary N) is 1. The Bertz CT molecular complexity index is 357. The highest BCUT2D eigenvalue weighted by Crippen LogP contribution is 2.02. The monoisotopic (exact) mass is 173 g/mol. The molecule has 0 aliphatic heterocycles. The van der Waals surface area contributed by atoms with Crippen LogP contribution in [0, 0.1) is 11.3 Å². The quantitative estimate of drug-likeness (QED) is 0.419. The Labute approximate surface area is 75.5 Å². The molecule has 0 atom stereocenters. The maximum Gasteiger partial charge on any atom is 0.258 e. The molecule has 0 spiro atoms. The Balaban J connectivity index is 2.60. The summed E-state index contributed by atoms with van der Waals surface area (Å²) < 4.78 is 0. The molecule has 1 aromatic rings. The maximum atomic E-state index is 9.70. The predicted molar refractivity (Wildman–Crippen MR) is 46.1 cm³/mol. The first-order chi connectivity index (χ1) is 6.36. The fraction of sp³-hybridized carbons (Fsp3) is 0.111. The van der Waals surface area contributed by atoms with Gasteiger partial charge in [-0.1, -0.05) is 17.2 Å². The lowest BCUT2D eigenvalue weighted by atomic mass is 10.1. The Kier molecular flexibility index (Phi) is 3.25. The SMILES string of the molecule is N#Cc1ccc(CNN=C=O)cc1. The van der Waals surface area contributed by atoms with E-state index >= 15 is 0 Å². The average molecular weight is 173 g/mol. The molecular formula is C9H7N3O. The molecule has 0 aromatic heterocycles. The van der Waals surface area contributed by atoms with Gasteiger partial charge in [0.1, 0.15) is 0 Å². The molecule has 1 N–H and O–H groups in total. The first-order valence-electron chi connectivity index (χ1n) is 3.65. The van der Waals surface area contributed by atoms with Crippen LogP contribution in [0.2, 0.25) is 0 Å². The van der Waals surface area contributed by atoms with E-state index in [9.17, 15) is 4.79 Å². The minimum atomic E-state index is 0.459. The van der Waals surface area contributed by atoms with E-state index in [0.717, 1.165) is 5.56 Å². The number of carbonyl (C=O) groups excluding carboxylic acids is 1. The molecule has 4 heteroatoms. The van der Waals surface area contributed by atoms with Crippen molar-refractivity contribution in [2.75, 3.05) is 0 Å². The third-order valence-electron chi connectivity index (χ3n) is 1.49. The molecule has 1 rings (SSSR count). The smallest absolute Gasteiger partial charge is 0.258 e. The average Bonchev–Trinajstić information content (AvgIpc) is 2.19. The predicted octanol–water partition coefficient (Wildman–Crippen LogP) is 0.899. The summed E-state index contributed by atoms with van der Waals surface area (Å²) in [4.78, 5) is 9.70. The minimum absolute atomic E-state index is 0.459. The molecule has 64 valence electrons. The van der Waals surface area contributed by atoms with E-state index in [1.54, 1.807) is 24.3 Å². The normalized spacial score (nSPS) is 8.23. The number of hydrazone groups is 1. The van der Waals surface area contributed by atoms with Gasteiger partial charge in [0.2, 0.25) is 0 Å². The van der Waals surface area contributed by atoms with E-state index in [0.29, 0.717) is 12.1 Å². The van der Waals surface area contributed by atoms with Crippen LogP contribution >= 0.6 is 0 Å². The Morgan fingerprint density at radius 1 is 1.38 bits per heavy atom. The summed E-state index contributed by atoms with van der Waals surface area (Å²) in [6.45, 7) is 0.459. The van der Waals surface area contributed by atoms with Crippen LogP contribution < -0.4 is 5.43 Å². The Hall–Kier alpha value is -2.11. The van der Waals surface area contributed by atoms with Crippen molar-refractivity contribution in [1.82, 2.24) is 5.43 Å². The summed E-state index contributed by atoms with van der Waals surface area (Å²) >= 11 is 0. The molecule has 4 nitrogen and oxygen atoms in total. The maximum absolute atomic E-state index is 9.70. The van der Waals surface area contributed by atoms with Crippen LogP contribution in [0.1, 0.15) is 11.1 Å². The zero-order valence-corrected chi connectivity index (χ0v) is 6.82. The number of isocyanates is 1. The number of nitrogens with zero attached hydrogens (tertiary/aromatic N) is 2. The summed E-state index contributed by atoms with van der Waals surface area (Å²) in [5, 5.41) is 11.7. The van der Waals surface area contributed by atoms with Crippen LogP contribution in [0.5, 0.6) is 0 Å². The zero-order valence-electron chi connectivity index (χ0n) is 6.82. The van der Waals surface area contributed by atoms with Gasteiger partial charge >= 0.3 is 0 Å². The lowest BCUT2D eigenvalue weighted by Crippen LogP contribution is -2.03. The number of hydrogen-bond acceptors (Lipinski definition) is 4. The Morgan fingerprint density at radius 3 is 2.62 bits per heavy atom. The first-order valence-corrected chi connectivity index (χ1v) is 3.65. The van der Waals surface area contributed by atoms with E-state index in [1.807, 2.05) is 6.07 Å². The van der Waals surface area contributed by atoms with E-state index in [1.165, 1.54) is 6.08 Å². The van der Waals surface area contributed by atoms with E-state index in [4.69, 9.17) is 5.26 Å². The molecule has 0 saturated carbocycles. The Morgan fingerprint density at radius 2 is 2.08 bits per heavy atom. The van der Waals surface area contributed by atoms with Crippen molar-refractivity contribution in [3.8, 4) is 6.07 Å². The molecule has 0 aliphatic carbocycles. The van der Waals surface area contributed by atoms with Crippen molar-refractivity contribution in [2.45, 2.75) is 6.54 Å². The van der Waals surface area contributed by atoms with Crippen LogP contribution in [0.15, 0.2) is 29.4 Å². The van der Waals surface area contributed by atoms with Crippen molar-refractivity contribution in [3.63, 3.8) is 0 Å². The molecule has 0 heterocycles. The zero-order chi connectivity index (χ0) is 9.52. The highest BCUT2D eigenvalue weighted by Gasteiger charge is 1.91. The molecule has 0 radical (unpaired) electrons. The second-order valence-electron chi connectivity index (χ2n) is 2.35. The third-order valence-corrected chi connectivity index (χ3v) is 1.49. The van der Waals surface area contributed by atoms with Gasteiger partial charge in [-0.3, -0.25) is 5.43 Å².